The summed E-state index contributed by atoms with van der Waals surface area (Å²) >= 11 is 3.52. The van der Waals surface area contributed by atoms with Gasteiger partial charge >= 0.3 is 0 Å². The monoisotopic (exact) mass is 309 g/mol. The number of terminal acetylenes is 1. The fourth-order valence-electron chi connectivity index (χ4n) is 1.59. The van der Waals surface area contributed by atoms with Crippen LogP contribution in [0, 0.1) is 12.3 Å². The first-order valence-electron chi connectivity index (χ1n) is 6.27. The second-order valence-electron chi connectivity index (χ2n) is 4.29. The Bertz CT molecular complexity index is 411. The number of hydrogen-bond acceptors (Lipinski definition) is 2. The quantitative estimate of drug-likeness (QED) is 0.618. The van der Waals surface area contributed by atoms with Crippen LogP contribution in [0.5, 0.6) is 5.75 Å². The number of rotatable bonds is 7. The molecule has 0 bridgehead atoms. The SMILES string of the molecule is C#CCCCOc1ccc(CC(N)CC)cc1Br. The first-order chi connectivity index (χ1) is 8.67. The first kappa shape index (κ1) is 15.1. The van der Waals surface area contributed by atoms with Crippen LogP contribution in [-0.4, -0.2) is 12.6 Å². The highest BCUT2D eigenvalue weighted by Gasteiger charge is 2.05. The Morgan fingerprint density at radius 2 is 2.28 bits per heavy atom. The van der Waals surface area contributed by atoms with Gasteiger partial charge in [-0.2, -0.15) is 0 Å². The van der Waals surface area contributed by atoms with Crippen molar-refractivity contribution in [3.63, 3.8) is 0 Å². The zero-order chi connectivity index (χ0) is 13.4. The Balaban J connectivity index is 2.54. The second kappa shape index (κ2) is 8.18. The van der Waals surface area contributed by atoms with Gasteiger partial charge in [-0.3, -0.25) is 0 Å². The molecule has 0 fully saturated rings. The first-order valence-corrected chi connectivity index (χ1v) is 7.07. The van der Waals surface area contributed by atoms with E-state index >= 15 is 0 Å². The third kappa shape index (κ3) is 5.12. The van der Waals surface area contributed by atoms with Gasteiger partial charge in [-0.15, -0.1) is 12.3 Å². The summed E-state index contributed by atoms with van der Waals surface area (Å²) < 4.78 is 6.63. The summed E-state index contributed by atoms with van der Waals surface area (Å²) in [5.41, 5.74) is 7.17. The summed E-state index contributed by atoms with van der Waals surface area (Å²) in [5, 5.41) is 0. The summed E-state index contributed by atoms with van der Waals surface area (Å²) in [7, 11) is 0. The van der Waals surface area contributed by atoms with Crippen LogP contribution in [0.25, 0.3) is 0 Å². The number of halogens is 1. The molecule has 0 aromatic heterocycles. The molecule has 98 valence electrons. The molecule has 3 heteroatoms. The van der Waals surface area contributed by atoms with Crippen LogP contribution in [0.2, 0.25) is 0 Å². The Labute approximate surface area is 118 Å². The van der Waals surface area contributed by atoms with Gasteiger partial charge in [-0.05, 0) is 52.9 Å². The fraction of sp³-hybridized carbons (Fsp3) is 0.467. The summed E-state index contributed by atoms with van der Waals surface area (Å²) in [6.07, 6.45) is 8.71. The topological polar surface area (TPSA) is 35.2 Å². The van der Waals surface area contributed by atoms with Gasteiger partial charge in [-0.25, -0.2) is 0 Å². The zero-order valence-electron chi connectivity index (χ0n) is 10.8. The molecule has 0 aliphatic carbocycles. The number of hydrogen-bond donors (Lipinski definition) is 1. The van der Waals surface area contributed by atoms with Crippen molar-refractivity contribution in [2.24, 2.45) is 5.73 Å². The molecule has 2 nitrogen and oxygen atoms in total. The van der Waals surface area contributed by atoms with E-state index in [0.29, 0.717) is 6.61 Å². The van der Waals surface area contributed by atoms with Crippen molar-refractivity contribution in [1.82, 2.24) is 0 Å². The molecule has 0 saturated heterocycles. The molecule has 0 amide bonds. The molecule has 1 rings (SSSR count). The highest BCUT2D eigenvalue weighted by molar-refractivity contribution is 9.10. The predicted octanol–water partition coefficient (Wildman–Crippen LogP) is 3.52. The molecular formula is C15H20BrNO. The zero-order valence-corrected chi connectivity index (χ0v) is 12.4. The van der Waals surface area contributed by atoms with Crippen molar-refractivity contribution in [3.8, 4) is 18.1 Å². The molecule has 0 heterocycles. The fourth-order valence-corrected chi connectivity index (χ4v) is 2.13. The Morgan fingerprint density at radius 1 is 1.50 bits per heavy atom. The van der Waals surface area contributed by atoms with Crippen molar-refractivity contribution in [3.05, 3.63) is 28.2 Å². The standard InChI is InChI=1S/C15H20BrNO/c1-3-5-6-9-18-15-8-7-12(11-14(15)16)10-13(17)4-2/h1,7-8,11,13H,4-6,9-10,17H2,2H3. The minimum Gasteiger partial charge on any atom is -0.492 e. The van der Waals surface area contributed by atoms with Crippen LogP contribution in [-0.2, 0) is 6.42 Å². The normalized spacial score (nSPS) is 11.9. The molecule has 1 atom stereocenters. The van der Waals surface area contributed by atoms with Crippen molar-refractivity contribution in [2.45, 2.75) is 38.6 Å². The van der Waals surface area contributed by atoms with Crippen LogP contribution in [0.15, 0.2) is 22.7 Å². The van der Waals surface area contributed by atoms with E-state index < -0.39 is 0 Å². The molecule has 0 aliphatic heterocycles. The van der Waals surface area contributed by atoms with E-state index in [-0.39, 0.29) is 6.04 Å². The molecule has 1 aromatic rings. The number of nitrogens with two attached hydrogens (primary N) is 1. The van der Waals surface area contributed by atoms with E-state index in [1.807, 2.05) is 6.07 Å². The Kier molecular flexibility index (Phi) is 6.85. The van der Waals surface area contributed by atoms with Crippen LogP contribution >= 0.6 is 15.9 Å². The van der Waals surface area contributed by atoms with E-state index in [9.17, 15) is 0 Å². The van der Waals surface area contributed by atoms with Gasteiger partial charge in [0.15, 0.2) is 0 Å². The second-order valence-corrected chi connectivity index (χ2v) is 5.15. The largest absolute Gasteiger partial charge is 0.492 e. The van der Waals surface area contributed by atoms with Gasteiger partial charge in [0.25, 0.3) is 0 Å². The molecule has 0 spiro atoms. The number of benzene rings is 1. The van der Waals surface area contributed by atoms with Crippen molar-refractivity contribution in [2.75, 3.05) is 6.61 Å². The summed E-state index contributed by atoms with van der Waals surface area (Å²) in [4.78, 5) is 0. The number of unbranched alkanes of at least 4 members (excludes halogenated alkanes) is 1. The molecular weight excluding hydrogens is 290 g/mol. The third-order valence-corrected chi connectivity index (χ3v) is 3.36. The molecule has 1 unspecified atom stereocenters. The molecule has 18 heavy (non-hydrogen) atoms. The average Bonchev–Trinajstić information content (AvgIpc) is 2.36. The van der Waals surface area contributed by atoms with E-state index in [0.717, 1.165) is 35.9 Å². The van der Waals surface area contributed by atoms with Gasteiger partial charge in [0.05, 0.1) is 11.1 Å². The minimum atomic E-state index is 0.222. The van der Waals surface area contributed by atoms with Crippen molar-refractivity contribution < 1.29 is 4.74 Å². The van der Waals surface area contributed by atoms with Crippen LogP contribution in [0.4, 0.5) is 0 Å². The molecule has 1 aromatic carbocycles. The minimum absolute atomic E-state index is 0.222. The van der Waals surface area contributed by atoms with Crippen LogP contribution < -0.4 is 10.5 Å². The van der Waals surface area contributed by atoms with E-state index in [4.69, 9.17) is 16.9 Å². The highest BCUT2D eigenvalue weighted by Crippen LogP contribution is 2.26. The molecule has 0 radical (unpaired) electrons. The van der Waals surface area contributed by atoms with Crippen molar-refractivity contribution in [1.29, 1.82) is 0 Å². The van der Waals surface area contributed by atoms with Gasteiger partial charge in [-0.1, -0.05) is 13.0 Å². The van der Waals surface area contributed by atoms with Gasteiger partial charge in [0.1, 0.15) is 5.75 Å². The Hall–Kier alpha value is -0.980. The highest BCUT2D eigenvalue weighted by atomic mass is 79.9. The van der Waals surface area contributed by atoms with Crippen LogP contribution in [0.3, 0.4) is 0 Å². The van der Waals surface area contributed by atoms with Crippen molar-refractivity contribution >= 4 is 15.9 Å². The lowest BCUT2D eigenvalue weighted by Crippen LogP contribution is -2.21. The summed E-state index contributed by atoms with van der Waals surface area (Å²) in [6, 6.07) is 6.35. The molecule has 2 N–H and O–H groups in total. The summed E-state index contributed by atoms with van der Waals surface area (Å²) in [6.45, 7) is 2.75. The molecule has 0 aliphatic rings. The van der Waals surface area contributed by atoms with Gasteiger partial charge in [0, 0.05) is 12.5 Å². The predicted molar refractivity (Wildman–Crippen MR) is 79.7 cm³/mol. The lowest BCUT2D eigenvalue weighted by atomic mass is 10.0. The smallest absolute Gasteiger partial charge is 0.133 e. The van der Waals surface area contributed by atoms with E-state index in [1.165, 1.54) is 5.56 Å². The lowest BCUT2D eigenvalue weighted by molar-refractivity contribution is 0.311. The maximum absolute atomic E-state index is 5.94. The maximum atomic E-state index is 5.94. The Morgan fingerprint density at radius 3 is 2.89 bits per heavy atom. The van der Waals surface area contributed by atoms with Crippen LogP contribution in [0.1, 0.15) is 31.7 Å². The summed E-state index contributed by atoms with van der Waals surface area (Å²) in [5.74, 6) is 3.46. The van der Waals surface area contributed by atoms with E-state index in [2.05, 4.69) is 40.9 Å². The maximum Gasteiger partial charge on any atom is 0.133 e. The average molecular weight is 310 g/mol. The third-order valence-electron chi connectivity index (χ3n) is 2.74. The lowest BCUT2D eigenvalue weighted by Gasteiger charge is -2.11. The van der Waals surface area contributed by atoms with Gasteiger partial charge in [0.2, 0.25) is 0 Å². The van der Waals surface area contributed by atoms with E-state index in [1.54, 1.807) is 0 Å². The molecule has 0 saturated carbocycles. The number of ether oxygens (including phenoxy) is 1. The van der Waals surface area contributed by atoms with Gasteiger partial charge < -0.3 is 10.5 Å².